The zero-order valence-electron chi connectivity index (χ0n) is 18.4. The van der Waals surface area contributed by atoms with Crippen molar-refractivity contribution in [1.82, 2.24) is 15.0 Å². The maximum absolute atomic E-state index is 13.8. The number of nitrogens with zero attached hydrogens (tertiary/aromatic N) is 2. The molecule has 3 aromatic heterocycles. The molecule has 0 unspecified atom stereocenters. The van der Waals surface area contributed by atoms with Gasteiger partial charge < -0.3 is 4.42 Å². The normalized spacial score (nSPS) is 16.7. The molecule has 0 aliphatic heterocycles. The first kappa shape index (κ1) is 20.5. The van der Waals surface area contributed by atoms with Crippen LogP contribution >= 0.6 is 11.3 Å². The summed E-state index contributed by atoms with van der Waals surface area (Å²) in [6, 6.07) is 9.30. The highest BCUT2D eigenvalue weighted by molar-refractivity contribution is 7.18. The number of benzene rings is 1. The number of aromatic nitrogens is 2. The van der Waals surface area contributed by atoms with Crippen LogP contribution < -0.4 is 16.4 Å². The van der Waals surface area contributed by atoms with E-state index in [1.54, 1.807) is 22.0 Å². The number of hydrogen-bond donors (Lipinski definition) is 2. The van der Waals surface area contributed by atoms with Gasteiger partial charge in [0.15, 0.2) is 5.76 Å². The first-order chi connectivity index (χ1) is 16.2. The Morgan fingerprint density at radius 3 is 2.76 bits per heavy atom. The highest BCUT2D eigenvalue weighted by atomic mass is 32.1. The number of rotatable bonds is 4. The molecule has 0 saturated heterocycles. The van der Waals surface area contributed by atoms with Crippen LogP contribution in [0, 0.1) is 0 Å². The molecule has 7 nitrogen and oxygen atoms in total. The first-order valence-corrected chi connectivity index (χ1v) is 12.6. The molecule has 8 heteroatoms. The van der Waals surface area contributed by atoms with Gasteiger partial charge in [0.2, 0.25) is 5.95 Å². The summed E-state index contributed by atoms with van der Waals surface area (Å²) in [4.78, 5) is 33.5. The molecule has 2 N–H and O–H groups in total. The zero-order chi connectivity index (χ0) is 22.4. The van der Waals surface area contributed by atoms with Crippen molar-refractivity contribution in [2.75, 3.05) is 5.43 Å². The maximum Gasteiger partial charge on any atom is 0.305 e. The molecule has 1 amide bonds. The zero-order valence-corrected chi connectivity index (χ0v) is 19.2. The molecule has 0 spiro atoms. The van der Waals surface area contributed by atoms with E-state index in [2.05, 4.69) is 10.9 Å². The molecule has 1 aromatic carbocycles. The fraction of sp³-hybridized carbons (Fsp3) is 0.400. The summed E-state index contributed by atoms with van der Waals surface area (Å²) in [5, 5.41) is 1.65. The van der Waals surface area contributed by atoms with Gasteiger partial charge in [-0.25, -0.2) is 4.98 Å². The minimum Gasteiger partial charge on any atom is -0.451 e. The van der Waals surface area contributed by atoms with Crippen molar-refractivity contribution in [3.63, 3.8) is 0 Å². The minimum absolute atomic E-state index is 0.0202. The summed E-state index contributed by atoms with van der Waals surface area (Å²) in [5.41, 5.74) is 7.55. The van der Waals surface area contributed by atoms with Gasteiger partial charge in [0.05, 0.1) is 5.39 Å². The number of hydrazine groups is 1. The molecule has 0 bridgehead atoms. The molecule has 2 aliphatic rings. The molecule has 170 valence electrons. The second-order valence-electron chi connectivity index (χ2n) is 9.02. The number of aryl methyl sites for hydroxylation is 2. The number of para-hydroxylation sites is 1. The monoisotopic (exact) mass is 462 g/mol. The van der Waals surface area contributed by atoms with Crippen LogP contribution in [0.2, 0.25) is 0 Å². The smallest absolute Gasteiger partial charge is 0.305 e. The van der Waals surface area contributed by atoms with Gasteiger partial charge in [-0.05, 0) is 56.2 Å². The van der Waals surface area contributed by atoms with E-state index in [-0.39, 0.29) is 17.4 Å². The van der Waals surface area contributed by atoms with Crippen molar-refractivity contribution in [3.8, 4) is 0 Å². The molecule has 4 aromatic rings. The highest BCUT2D eigenvalue weighted by Gasteiger charge is 2.26. The van der Waals surface area contributed by atoms with Crippen LogP contribution in [0.25, 0.3) is 21.2 Å². The molecule has 0 atom stereocenters. The Hall–Kier alpha value is -3.13. The van der Waals surface area contributed by atoms with Gasteiger partial charge in [-0.2, -0.15) is 0 Å². The van der Waals surface area contributed by atoms with E-state index in [0.29, 0.717) is 11.5 Å². The summed E-state index contributed by atoms with van der Waals surface area (Å²) >= 11 is 1.62. The van der Waals surface area contributed by atoms with Gasteiger partial charge in [0.25, 0.3) is 5.56 Å². The van der Waals surface area contributed by atoms with E-state index in [0.717, 1.165) is 67.0 Å². The Labute approximate surface area is 194 Å². The summed E-state index contributed by atoms with van der Waals surface area (Å²) in [6.45, 7) is 0. The Morgan fingerprint density at radius 2 is 1.91 bits per heavy atom. The second kappa shape index (κ2) is 8.33. The van der Waals surface area contributed by atoms with Crippen molar-refractivity contribution in [2.24, 2.45) is 0 Å². The number of carbonyl (C=O) groups is 1. The van der Waals surface area contributed by atoms with Crippen LogP contribution in [0.3, 0.4) is 0 Å². The fourth-order valence-corrected chi connectivity index (χ4v) is 6.50. The van der Waals surface area contributed by atoms with E-state index < -0.39 is 5.91 Å². The van der Waals surface area contributed by atoms with E-state index in [4.69, 9.17) is 9.40 Å². The highest BCUT2D eigenvalue weighted by Crippen LogP contribution is 2.36. The lowest BCUT2D eigenvalue weighted by molar-refractivity contribution is 0.0936. The van der Waals surface area contributed by atoms with Crippen LogP contribution in [-0.2, 0) is 12.8 Å². The van der Waals surface area contributed by atoms with Gasteiger partial charge in [-0.15, -0.1) is 11.3 Å². The average Bonchev–Trinajstić information content (AvgIpc) is 3.44. The molecule has 33 heavy (non-hydrogen) atoms. The SMILES string of the molecule is O=C(NNc1nc2sc3c(c2c(=O)n1C1CCCCC1)CCCC3)c1cc2ccccc2o1. The van der Waals surface area contributed by atoms with E-state index >= 15 is 0 Å². The largest absolute Gasteiger partial charge is 0.451 e. The molecule has 1 fully saturated rings. The lowest BCUT2D eigenvalue weighted by Gasteiger charge is -2.26. The number of furan rings is 1. The molecule has 0 radical (unpaired) electrons. The third-order valence-electron chi connectivity index (χ3n) is 6.90. The summed E-state index contributed by atoms with van der Waals surface area (Å²) in [5.74, 6) is 0.214. The standard InChI is InChI=1S/C25H26N4O3S/c30-22(19-14-15-8-4-6-12-18(15)32-19)27-28-25-26-23-21(17-11-5-7-13-20(17)33-23)24(31)29(25)16-9-2-1-3-10-16/h4,6,8,12,14,16H,1-3,5,7,9-11,13H2,(H,26,28)(H,27,30). The summed E-state index contributed by atoms with van der Waals surface area (Å²) in [6.07, 6.45) is 9.54. The Morgan fingerprint density at radius 1 is 1.09 bits per heavy atom. The topological polar surface area (TPSA) is 89.2 Å². The number of fused-ring (bicyclic) bond motifs is 4. The molecule has 1 saturated carbocycles. The first-order valence-electron chi connectivity index (χ1n) is 11.8. The van der Waals surface area contributed by atoms with Gasteiger partial charge in [-0.1, -0.05) is 37.5 Å². The predicted octanol–water partition coefficient (Wildman–Crippen LogP) is 5.35. The van der Waals surface area contributed by atoms with Crippen molar-refractivity contribution in [3.05, 3.63) is 56.9 Å². The van der Waals surface area contributed by atoms with E-state index in [9.17, 15) is 9.59 Å². The number of nitrogens with one attached hydrogen (secondary N) is 2. The lowest BCUT2D eigenvalue weighted by Crippen LogP contribution is -2.36. The molecule has 3 heterocycles. The maximum atomic E-state index is 13.8. The lowest BCUT2D eigenvalue weighted by atomic mass is 9.94. The average molecular weight is 463 g/mol. The van der Waals surface area contributed by atoms with Gasteiger partial charge >= 0.3 is 5.91 Å². The van der Waals surface area contributed by atoms with Crippen LogP contribution in [0.5, 0.6) is 0 Å². The third kappa shape index (κ3) is 3.62. The van der Waals surface area contributed by atoms with E-state index in [1.165, 1.54) is 16.9 Å². The van der Waals surface area contributed by atoms with Gasteiger partial charge in [0.1, 0.15) is 10.4 Å². The van der Waals surface area contributed by atoms with Crippen LogP contribution in [-0.4, -0.2) is 15.5 Å². The minimum atomic E-state index is -0.402. The molecular formula is C25H26N4O3S. The second-order valence-corrected chi connectivity index (χ2v) is 10.1. The quantitative estimate of drug-likeness (QED) is 0.399. The van der Waals surface area contributed by atoms with Crippen molar-refractivity contribution >= 4 is 44.4 Å². The summed E-state index contributed by atoms with van der Waals surface area (Å²) in [7, 11) is 0. The molecule has 2 aliphatic carbocycles. The number of hydrogen-bond acceptors (Lipinski definition) is 6. The van der Waals surface area contributed by atoms with E-state index in [1.807, 2.05) is 24.3 Å². The number of anilines is 1. The summed E-state index contributed by atoms with van der Waals surface area (Å²) < 4.78 is 7.47. The Kier molecular flexibility index (Phi) is 5.17. The van der Waals surface area contributed by atoms with Gasteiger partial charge in [-0.3, -0.25) is 25.0 Å². The Balaban J connectivity index is 1.37. The number of thiophene rings is 1. The predicted molar refractivity (Wildman–Crippen MR) is 130 cm³/mol. The van der Waals surface area contributed by atoms with Crippen molar-refractivity contribution < 1.29 is 9.21 Å². The van der Waals surface area contributed by atoms with Crippen molar-refractivity contribution in [1.29, 1.82) is 0 Å². The Bertz CT molecular complexity index is 1380. The van der Waals surface area contributed by atoms with Crippen LogP contribution in [0.4, 0.5) is 5.95 Å². The van der Waals surface area contributed by atoms with Crippen LogP contribution in [0.15, 0.2) is 39.5 Å². The molecule has 6 rings (SSSR count). The molecular weight excluding hydrogens is 436 g/mol. The third-order valence-corrected chi connectivity index (χ3v) is 8.08. The number of amides is 1. The fourth-order valence-electron chi connectivity index (χ4n) is 5.25. The van der Waals surface area contributed by atoms with Crippen molar-refractivity contribution in [2.45, 2.75) is 63.8 Å². The van der Waals surface area contributed by atoms with Crippen LogP contribution in [0.1, 0.15) is 72.0 Å². The van der Waals surface area contributed by atoms with Gasteiger partial charge in [0, 0.05) is 16.3 Å². The number of carbonyl (C=O) groups excluding carboxylic acids is 1.